The molecule has 0 saturated heterocycles. The maximum Gasteiger partial charge on any atom is 0.0555 e. The maximum atomic E-state index is 2.40. The molecule has 2 heterocycles. The van der Waals surface area contributed by atoms with Crippen molar-refractivity contribution in [2.24, 2.45) is 0 Å². The van der Waals surface area contributed by atoms with Crippen LogP contribution in [-0.2, 0) is 0 Å². The van der Waals surface area contributed by atoms with Gasteiger partial charge in [-0.2, -0.15) is 0 Å². The van der Waals surface area contributed by atoms with Gasteiger partial charge in [0.05, 0.1) is 11.0 Å². The Hall–Kier alpha value is -5.44. The first-order chi connectivity index (χ1) is 22.7. The molecule has 0 aliphatic heterocycles. The molecular formula is C44H33NS. The fourth-order valence-corrected chi connectivity index (χ4v) is 7.89. The van der Waals surface area contributed by atoms with Crippen LogP contribution in [0.4, 0.5) is 0 Å². The Morgan fingerprint density at radius 2 is 0.957 bits per heavy atom. The molecule has 0 spiro atoms. The quantitative estimate of drug-likeness (QED) is 0.188. The van der Waals surface area contributed by atoms with E-state index in [1.165, 1.54) is 81.0 Å². The molecule has 0 radical (unpaired) electrons. The Labute approximate surface area is 273 Å². The van der Waals surface area contributed by atoms with E-state index in [0.29, 0.717) is 0 Å². The van der Waals surface area contributed by atoms with Crippen molar-refractivity contribution in [1.82, 2.24) is 4.57 Å². The molecule has 9 aromatic rings. The minimum absolute atomic E-state index is 1.20. The zero-order valence-electron chi connectivity index (χ0n) is 25.9. The second kappa shape index (κ2) is 11.8. The lowest BCUT2D eigenvalue weighted by Gasteiger charge is -2.07. The predicted octanol–water partition coefficient (Wildman–Crippen LogP) is 12.8. The standard InChI is InChI=1S/C31H21NS.C13H12/c1-20-14-16-21(17-15-20)23-11-7-12-24-25-18-19-28-29(31(25)33-30(23)24)26-10-5-6-13-27(26)32(28)22-8-3-2-4-9-22;1-11-7-9-13(10-8-11)12-5-3-2-4-6-12/h2-19H,1H3;2-10H,1H3. The molecule has 0 atom stereocenters. The second-order valence-electron chi connectivity index (χ2n) is 11.9. The molecule has 0 N–H and O–H groups in total. The molecule has 0 aliphatic rings. The summed E-state index contributed by atoms with van der Waals surface area (Å²) in [6, 6.07) is 58.7. The smallest absolute Gasteiger partial charge is 0.0555 e. The van der Waals surface area contributed by atoms with Gasteiger partial charge in [0.2, 0.25) is 0 Å². The van der Waals surface area contributed by atoms with Crippen molar-refractivity contribution in [3.63, 3.8) is 0 Å². The third kappa shape index (κ3) is 4.98. The lowest BCUT2D eigenvalue weighted by molar-refractivity contribution is 1.18. The monoisotopic (exact) mass is 607 g/mol. The lowest BCUT2D eigenvalue weighted by Crippen LogP contribution is -1.92. The van der Waals surface area contributed by atoms with E-state index >= 15 is 0 Å². The van der Waals surface area contributed by atoms with Crippen molar-refractivity contribution >= 4 is 53.3 Å². The number of hydrogen-bond acceptors (Lipinski definition) is 1. The average Bonchev–Trinajstić information content (AvgIpc) is 3.66. The Morgan fingerprint density at radius 3 is 1.67 bits per heavy atom. The SMILES string of the molecule is Cc1ccc(-c2cccc3c2sc2c3ccc3c2c2ccccc2n3-c2ccccc2)cc1.Cc1ccc(-c2ccccc2)cc1. The van der Waals surface area contributed by atoms with Gasteiger partial charge in [-0.1, -0.05) is 151 Å². The normalized spacial score (nSPS) is 11.3. The van der Waals surface area contributed by atoms with Crippen molar-refractivity contribution in [3.8, 4) is 27.9 Å². The fraction of sp³-hybridized carbons (Fsp3) is 0.0455. The van der Waals surface area contributed by atoms with Crippen molar-refractivity contribution in [3.05, 3.63) is 175 Å². The highest BCUT2D eigenvalue weighted by molar-refractivity contribution is 7.27. The third-order valence-corrected chi connectivity index (χ3v) is 10.1. The van der Waals surface area contributed by atoms with Crippen LogP contribution in [0.3, 0.4) is 0 Å². The molecular weight excluding hydrogens is 575 g/mol. The second-order valence-corrected chi connectivity index (χ2v) is 12.9. The van der Waals surface area contributed by atoms with Crippen LogP contribution >= 0.6 is 11.3 Å². The van der Waals surface area contributed by atoms with E-state index in [-0.39, 0.29) is 0 Å². The van der Waals surface area contributed by atoms with E-state index in [2.05, 4.69) is 176 Å². The summed E-state index contributed by atoms with van der Waals surface area (Å²) < 4.78 is 5.13. The summed E-state index contributed by atoms with van der Waals surface area (Å²) >= 11 is 1.93. The van der Waals surface area contributed by atoms with Crippen LogP contribution in [-0.4, -0.2) is 4.57 Å². The highest BCUT2D eigenvalue weighted by atomic mass is 32.1. The van der Waals surface area contributed by atoms with E-state index in [1.807, 2.05) is 17.4 Å². The Morgan fingerprint density at radius 1 is 0.391 bits per heavy atom. The van der Waals surface area contributed by atoms with E-state index in [0.717, 1.165) is 0 Å². The van der Waals surface area contributed by atoms with Gasteiger partial charge in [-0.3, -0.25) is 0 Å². The molecule has 0 fully saturated rings. The number of rotatable bonds is 3. The molecule has 0 aliphatic carbocycles. The largest absolute Gasteiger partial charge is 0.309 e. The number of aromatic nitrogens is 1. The number of fused-ring (bicyclic) bond motifs is 7. The highest BCUT2D eigenvalue weighted by Crippen LogP contribution is 2.45. The molecule has 2 aromatic heterocycles. The first-order valence-corrected chi connectivity index (χ1v) is 16.6. The molecule has 9 rings (SSSR count). The van der Waals surface area contributed by atoms with E-state index in [9.17, 15) is 0 Å². The van der Waals surface area contributed by atoms with Gasteiger partial charge in [0.1, 0.15) is 0 Å². The minimum atomic E-state index is 1.20. The van der Waals surface area contributed by atoms with Crippen LogP contribution in [0, 0.1) is 13.8 Å². The zero-order chi connectivity index (χ0) is 31.0. The van der Waals surface area contributed by atoms with Gasteiger partial charge in [-0.15, -0.1) is 11.3 Å². The van der Waals surface area contributed by atoms with Crippen LogP contribution in [0.2, 0.25) is 0 Å². The molecule has 2 heteroatoms. The summed E-state index contributed by atoms with van der Waals surface area (Å²) in [6.45, 7) is 4.25. The zero-order valence-corrected chi connectivity index (χ0v) is 26.8. The first-order valence-electron chi connectivity index (χ1n) is 15.8. The topological polar surface area (TPSA) is 4.93 Å². The third-order valence-electron chi connectivity index (χ3n) is 8.84. The van der Waals surface area contributed by atoms with Gasteiger partial charge < -0.3 is 4.57 Å². The summed E-state index contributed by atoms with van der Waals surface area (Å²) in [6.07, 6.45) is 0. The number of para-hydroxylation sites is 2. The Balaban J connectivity index is 0.000000202. The summed E-state index contributed by atoms with van der Waals surface area (Å²) in [7, 11) is 0. The van der Waals surface area contributed by atoms with Gasteiger partial charge >= 0.3 is 0 Å². The van der Waals surface area contributed by atoms with Crippen LogP contribution < -0.4 is 0 Å². The van der Waals surface area contributed by atoms with E-state index in [4.69, 9.17) is 0 Å². The lowest BCUT2D eigenvalue weighted by atomic mass is 10.0. The summed E-state index contributed by atoms with van der Waals surface area (Å²) in [5.41, 5.74) is 11.5. The molecule has 46 heavy (non-hydrogen) atoms. The molecule has 0 unspecified atom stereocenters. The highest BCUT2D eigenvalue weighted by Gasteiger charge is 2.18. The van der Waals surface area contributed by atoms with Gasteiger partial charge in [0.15, 0.2) is 0 Å². The minimum Gasteiger partial charge on any atom is -0.309 e. The van der Waals surface area contributed by atoms with Gasteiger partial charge in [0.25, 0.3) is 0 Å². The summed E-state index contributed by atoms with van der Waals surface area (Å²) in [5, 5.41) is 5.34. The maximum absolute atomic E-state index is 2.40. The molecule has 220 valence electrons. The molecule has 0 saturated carbocycles. The number of aryl methyl sites for hydroxylation is 2. The molecule has 1 nitrogen and oxygen atoms in total. The van der Waals surface area contributed by atoms with E-state index in [1.54, 1.807) is 0 Å². The summed E-state index contributed by atoms with van der Waals surface area (Å²) in [4.78, 5) is 0. The average molecular weight is 608 g/mol. The van der Waals surface area contributed by atoms with Crippen LogP contribution in [0.1, 0.15) is 11.1 Å². The fourth-order valence-electron chi connectivity index (χ4n) is 6.50. The number of thiophene rings is 1. The number of benzene rings is 7. The van der Waals surface area contributed by atoms with Gasteiger partial charge in [-0.05, 0) is 60.4 Å². The molecule has 0 bridgehead atoms. The van der Waals surface area contributed by atoms with Crippen LogP contribution in [0.5, 0.6) is 0 Å². The van der Waals surface area contributed by atoms with Crippen molar-refractivity contribution in [2.45, 2.75) is 13.8 Å². The van der Waals surface area contributed by atoms with Crippen molar-refractivity contribution in [1.29, 1.82) is 0 Å². The number of hydrogen-bond donors (Lipinski definition) is 0. The van der Waals surface area contributed by atoms with Crippen LogP contribution in [0.15, 0.2) is 164 Å². The van der Waals surface area contributed by atoms with Gasteiger partial charge in [0, 0.05) is 36.6 Å². The number of nitrogens with zero attached hydrogens (tertiary/aromatic N) is 1. The first kappa shape index (κ1) is 28.1. The van der Waals surface area contributed by atoms with Crippen LogP contribution in [0.25, 0.3) is 69.9 Å². The Bertz CT molecular complexity index is 2450. The van der Waals surface area contributed by atoms with E-state index < -0.39 is 0 Å². The summed E-state index contributed by atoms with van der Waals surface area (Å²) in [5.74, 6) is 0. The molecule has 7 aromatic carbocycles. The van der Waals surface area contributed by atoms with Crippen molar-refractivity contribution in [2.75, 3.05) is 0 Å². The predicted molar refractivity (Wildman–Crippen MR) is 200 cm³/mol. The van der Waals surface area contributed by atoms with Gasteiger partial charge in [-0.25, -0.2) is 0 Å². The molecule has 0 amide bonds. The van der Waals surface area contributed by atoms with Crippen molar-refractivity contribution < 1.29 is 0 Å². The Kier molecular flexibility index (Phi) is 7.21.